The summed E-state index contributed by atoms with van der Waals surface area (Å²) < 4.78 is 44.3. The molecule has 1 atom stereocenters. The van der Waals surface area contributed by atoms with E-state index in [1.807, 2.05) is 0 Å². The average molecular weight is 711 g/mol. The zero-order chi connectivity index (χ0) is 34.9. The maximum absolute atomic E-state index is 13.0. The molecule has 0 spiro atoms. The number of nitrogens with two attached hydrogens (primary N) is 1. The SMILES string of the molecule is CC(C(=O)c1cccc(Cl)c1)N(C(=O)OCOC(=O)C=CCOC(=O)c1cc(S(N)(=O)=O)c(Cl)cc1NCc1ccco1)C(C)(C)C. The number of ether oxygens (including phenoxy) is 3. The van der Waals surface area contributed by atoms with E-state index in [-0.39, 0.29) is 28.6 Å². The molecule has 1 amide bonds. The van der Waals surface area contributed by atoms with Crippen molar-refractivity contribution < 1.29 is 46.2 Å². The van der Waals surface area contributed by atoms with Crippen LogP contribution >= 0.6 is 23.2 Å². The van der Waals surface area contributed by atoms with E-state index in [9.17, 15) is 27.6 Å². The first-order chi connectivity index (χ1) is 22.0. The summed E-state index contributed by atoms with van der Waals surface area (Å²) in [5, 5.41) is 8.29. The quantitative estimate of drug-likeness (QED) is 0.0979. The predicted molar refractivity (Wildman–Crippen MR) is 173 cm³/mol. The predicted octanol–water partition coefficient (Wildman–Crippen LogP) is 5.57. The largest absolute Gasteiger partial charge is 0.467 e. The average Bonchev–Trinajstić information content (AvgIpc) is 3.50. The molecule has 252 valence electrons. The number of Topliss-reactive ketones (excluding diaryl/α,β-unsaturated/α-hetero) is 1. The molecule has 0 aliphatic carbocycles. The topological polar surface area (TPSA) is 185 Å². The Labute approximate surface area is 281 Å². The third-order valence-corrected chi connectivity index (χ3v) is 7.99. The number of benzene rings is 2. The number of carbonyl (C=O) groups is 4. The molecule has 0 radical (unpaired) electrons. The van der Waals surface area contributed by atoms with E-state index in [4.69, 9.17) is 47.0 Å². The molecule has 0 fully saturated rings. The molecular formula is C31H33Cl2N3O10S. The van der Waals surface area contributed by atoms with Gasteiger partial charge in [-0.25, -0.2) is 27.9 Å². The number of anilines is 1. The number of ketones is 1. The van der Waals surface area contributed by atoms with Gasteiger partial charge in [0, 0.05) is 22.2 Å². The monoisotopic (exact) mass is 709 g/mol. The molecule has 0 aliphatic heterocycles. The highest BCUT2D eigenvalue weighted by atomic mass is 35.5. The van der Waals surface area contributed by atoms with Crippen LogP contribution in [0.25, 0.3) is 0 Å². The van der Waals surface area contributed by atoms with Gasteiger partial charge in [-0.3, -0.25) is 9.69 Å². The van der Waals surface area contributed by atoms with E-state index in [0.29, 0.717) is 16.3 Å². The fourth-order valence-electron chi connectivity index (χ4n) is 4.30. The molecule has 1 heterocycles. The minimum absolute atomic E-state index is 0.138. The number of furan rings is 1. The van der Waals surface area contributed by atoms with Crippen molar-refractivity contribution in [3.05, 3.63) is 93.9 Å². The van der Waals surface area contributed by atoms with Crippen LogP contribution in [0.2, 0.25) is 10.0 Å². The minimum atomic E-state index is -4.27. The van der Waals surface area contributed by atoms with Crippen molar-refractivity contribution in [1.82, 2.24) is 4.90 Å². The molecule has 3 N–H and O–H groups in total. The Kier molecular flexibility index (Phi) is 12.6. The Morgan fingerprint density at radius 2 is 1.77 bits per heavy atom. The number of carbonyl (C=O) groups excluding carboxylic acids is 4. The molecule has 2 aromatic carbocycles. The van der Waals surface area contributed by atoms with Crippen molar-refractivity contribution in [3.63, 3.8) is 0 Å². The molecule has 16 heteroatoms. The molecule has 13 nitrogen and oxygen atoms in total. The molecule has 0 saturated carbocycles. The number of esters is 2. The first kappa shape index (κ1) is 37.1. The van der Waals surface area contributed by atoms with E-state index in [1.165, 1.54) is 23.3 Å². The van der Waals surface area contributed by atoms with E-state index in [0.717, 1.165) is 18.2 Å². The lowest BCUT2D eigenvalue weighted by atomic mass is 9.98. The summed E-state index contributed by atoms with van der Waals surface area (Å²) >= 11 is 12.1. The summed E-state index contributed by atoms with van der Waals surface area (Å²) in [7, 11) is -4.27. The molecule has 1 aromatic heterocycles. The first-order valence-electron chi connectivity index (χ1n) is 13.9. The molecule has 0 bridgehead atoms. The molecule has 47 heavy (non-hydrogen) atoms. The van der Waals surface area contributed by atoms with Gasteiger partial charge in [-0.1, -0.05) is 35.3 Å². The Morgan fingerprint density at radius 1 is 1.04 bits per heavy atom. The van der Waals surface area contributed by atoms with Crippen molar-refractivity contribution >= 4 is 62.7 Å². The lowest BCUT2D eigenvalue weighted by Crippen LogP contribution is -2.53. The Bertz CT molecular complexity index is 1750. The van der Waals surface area contributed by atoms with Gasteiger partial charge in [0.05, 0.1) is 35.1 Å². The van der Waals surface area contributed by atoms with Crippen molar-refractivity contribution in [3.8, 4) is 0 Å². The zero-order valence-electron chi connectivity index (χ0n) is 25.8. The summed E-state index contributed by atoms with van der Waals surface area (Å²) in [4.78, 5) is 51.7. The van der Waals surface area contributed by atoms with Gasteiger partial charge in [-0.05, 0) is 70.2 Å². The second kappa shape index (κ2) is 16.0. The van der Waals surface area contributed by atoms with Gasteiger partial charge in [-0.15, -0.1) is 0 Å². The third-order valence-electron chi connectivity index (χ3n) is 6.38. The van der Waals surface area contributed by atoms with Gasteiger partial charge in [0.2, 0.25) is 16.8 Å². The summed E-state index contributed by atoms with van der Waals surface area (Å²) in [6, 6.07) is 10.9. The van der Waals surface area contributed by atoms with Gasteiger partial charge in [0.15, 0.2) is 5.78 Å². The molecule has 0 aliphatic rings. The van der Waals surface area contributed by atoms with Gasteiger partial charge in [0.25, 0.3) is 0 Å². The van der Waals surface area contributed by atoms with Crippen LogP contribution in [-0.2, 0) is 35.6 Å². The van der Waals surface area contributed by atoms with Crippen LogP contribution in [0.3, 0.4) is 0 Å². The molecular weight excluding hydrogens is 677 g/mol. The van der Waals surface area contributed by atoms with Crippen LogP contribution in [0.5, 0.6) is 0 Å². The number of sulfonamides is 1. The smallest absolute Gasteiger partial charge is 0.413 e. The summed E-state index contributed by atoms with van der Waals surface area (Å²) in [6.07, 6.45) is 2.64. The second-order valence-corrected chi connectivity index (χ2v) is 13.3. The number of halogens is 2. The van der Waals surface area contributed by atoms with Crippen LogP contribution in [0.4, 0.5) is 10.5 Å². The van der Waals surface area contributed by atoms with Crippen LogP contribution in [0.15, 0.2) is 76.3 Å². The lowest BCUT2D eigenvalue weighted by molar-refractivity contribution is -0.146. The zero-order valence-corrected chi connectivity index (χ0v) is 28.1. The Morgan fingerprint density at radius 3 is 2.38 bits per heavy atom. The van der Waals surface area contributed by atoms with Crippen molar-refractivity contribution in [2.75, 3.05) is 18.7 Å². The van der Waals surface area contributed by atoms with Gasteiger partial charge in [0.1, 0.15) is 17.3 Å². The number of hydrogen-bond acceptors (Lipinski definition) is 11. The highest BCUT2D eigenvalue weighted by Gasteiger charge is 2.36. The summed E-state index contributed by atoms with van der Waals surface area (Å²) in [6.45, 7) is 5.64. The number of nitrogens with one attached hydrogen (secondary N) is 1. The van der Waals surface area contributed by atoms with Crippen LogP contribution in [0, 0.1) is 0 Å². The third kappa shape index (κ3) is 10.6. The molecule has 1 unspecified atom stereocenters. The van der Waals surface area contributed by atoms with E-state index < -0.39 is 57.9 Å². The molecule has 3 aromatic rings. The fraction of sp³-hybridized carbons (Fsp3) is 0.290. The molecule has 3 rings (SSSR count). The standard InChI is InChI=1S/C31H33Cl2N3O10S/c1-19(28(38)20-8-5-9-21(32)14-20)36(31(2,3)4)30(40)46-18-45-27(37)11-7-13-44-29(39)23-15-26(47(34,41)42)24(33)16-25(23)35-17-22-10-6-12-43-22/h5-12,14-16,19,35H,13,17-18H2,1-4H3,(H2,34,41,42). The highest BCUT2D eigenvalue weighted by Crippen LogP contribution is 2.29. The Balaban J connectivity index is 1.57. The van der Waals surface area contributed by atoms with E-state index in [2.05, 4.69) is 5.32 Å². The number of primary sulfonamides is 1. The number of hydrogen-bond donors (Lipinski definition) is 2. The number of amides is 1. The summed E-state index contributed by atoms with van der Waals surface area (Å²) in [5.74, 6) is -1.73. The fourth-order valence-corrected chi connectivity index (χ4v) is 5.59. The van der Waals surface area contributed by atoms with Gasteiger partial charge < -0.3 is 23.9 Å². The van der Waals surface area contributed by atoms with Crippen molar-refractivity contribution in [2.45, 2.75) is 50.7 Å². The van der Waals surface area contributed by atoms with Crippen LogP contribution < -0.4 is 10.5 Å². The van der Waals surface area contributed by atoms with E-state index >= 15 is 0 Å². The second-order valence-electron chi connectivity index (χ2n) is 10.9. The molecule has 0 saturated heterocycles. The summed E-state index contributed by atoms with van der Waals surface area (Å²) in [5.41, 5.74) is -0.584. The maximum Gasteiger partial charge on any atom is 0.413 e. The van der Waals surface area contributed by atoms with Gasteiger partial charge >= 0.3 is 18.0 Å². The highest BCUT2D eigenvalue weighted by molar-refractivity contribution is 7.89. The lowest BCUT2D eigenvalue weighted by Gasteiger charge is -2.38. The number of rotatable bonds is 13. The van der Waals surface area contributed by atoms with Gasteiger partial charge in [-0.2, -0.15) is 0 Å². The van der Waals surface area contributed by atoms with Crippen LogP contribution in [-0.4, -0.2) is 62.1 Å². The number of nitrogens with zero attached hydrogens (tertiary/aromatic N) is 1. The van der Waals surface area contributed by atoms with Crippen molar-refractivity contribution in [2.24, 2.45) is 5.14 Å². The first-order valence-corrected chi connectivity index (χ1v) is 16.2. The van der Waals surface area contributed by atoms with Crippen LogP contribution in [0.1, 0.15) is 54.2 Å². The minimum Gasteiger partial charge on any atom is -0.467 e. The van der Waals surface area contributed by atoms with Crippen molar-refractivity contribution in [1.29, 1.82) is 0 Å². The normalized spacial score (nSPS) is 12.3. The maximum atomic E-state index is 13.0. The van der Waals surface area contributed by atoms with E-state index in [1.54, 1.807) is 58.0 Å². The Hall–Kier alpha value is -4.37.